The molecule has 2 aromatic rings. The summed E-state index contributed by atoms with van der Waals surface area (Å²) in [6.07, 6.45) is -0.634. The number of amides is 1. The minimum Gasteiger partial charge on any atom is -0.477 e. The lowest BCUT2D eigenvalue weighted by Gasteiger charge is -2.20. The molecule has 0 fully saturated rings. The van der Waals surface area contributed by atoms with E-state index in [1.54, 1.807) is 39.0 Å². The molecule has 0 aliphatic carbocycles. The highest BCUT2D eigenvalue weighted by atomic mass is 35.5. The Morgan fingerprint density at radius 3 is 2.57 bits per heavy atom. The number of H-pyrrole nitrogens is 1. The Morgan fingerprint density at radius 2 is 2.00 bits per heavy atom. The maximum Gasteiger partial charge on any atom is 0.412 e. The Kier molecular flexibility index (Phi) is 4.60. The molecule has 2 rings (SSSR count). The number of carboxylic acids is 1. The third-order valence-corrected chi connectivity index (χ3v) is 3.04. The first kappa shape index (κ1) is 16.8. The second kappa shape index (κ2) is 6.29. The highest BCUT2D eigenvalue weighted by Gasteiger charge is 2.18. The number of ether oxygens (including phenoxy) is 1. The quantitative estimate of drug-likeness (QED) is 0.790. The number of carbonyl (C=O) groups excluding carboxylic acids is 1. The van der Waals surface area contributed by atoms with Crippen LogP contribution in [0, 0.1) is 0 Å². The molecule has 0 aliphatic heterocycles. The van der Waals surface area contributed by atoms with Gasteiger partial charge in [-0.1, -0.05) is 17.7 Å². The van der Waals surface area contributed by atoms with Crippen LogP contribution < -0.4 is 5.32 Å². The van der Waals surface area contributed by atoms with Crippen LogP contribution in [0.1, 0.15) is 31.3 Å². The normalized spacial score (nSPS) is 11.1. The van der Waals surface area contributed by atoms with Crippen LogP contribution in [-0.4, -0.2) is 33.0 Å². The molecule has 122 valence electrons. The standard InChI is InChI=1S/C15H16ClN3O4/c1-15(2,3)23-14(22)17-11-6-8(4-5-9(11)16)10-7-12(13(20)21)19-18-10/h4-7H,1-3H3,(H,17,22)(H,18,19)(H,20,21). The van der Waals surface area contributed by atoms with Crippen molar-refractivity contribution in [2.24, 2.45) is 0 Å². The summed E-state index contributed by atoms with van der Waals surface area (Å²) in [6, 6.07) is 6.24. The van der Waals surface area contributed by atoms with E-state index in [4.69, 9.17) is 21.4 Å². The Balaban J connectivity index is 2.24. The number of nitrogens with zero attached hydrogens (tertiary/aromatic N) is 1. The van der Waals surface area contributed by atoms with Gasteiger partial charge in [0.05, 0.1) is 16.4 Å². The lowest BCUT2D eigenvalue weighted by Crippen LogP contribution is -2.27. The smallest absolute Gasteiger partial charge is 0.412 e. The highest BCUT2D eigenvalue weighted by molar-refractivity contribution is 6.33. The van der Waals surface area contributed by atoms with Gasteiger partial charge >= 0.3 is 12.1 Å². The third kappa shape index (κ3) is 4.46. The van der Waals surface area contributed by atoms with Crippen molar-refractivity contribution in [3.8, 4) is 11.3 Å². The van der Waals surface area contributed by atoms with E-state index in [2.05, 4.69) is 15.5 Å². The predicted octanol–water partition coefficient (Wildman–Crippen LogP) is 3.78. The van der Waals surface area contributed by atoms with Crippen molar-refractivity contribution in [2.45, 2.75) is 26.4 Å². The molecule has 0 atom stereocenters. The molecule has 1 aromatic heterocycles. The number of aromatic nitrogens is 2. The summed E-state index contributed by atoms with van der Waals surface area (Å²) in [6.45, 7) is 5.26. The average molecular weight is 338 g/mol. The molecule has 0 aliphatic rings. The Labute approximate surface area is 137 Å². The maximum absolute atomic E-state index is 11.8. The summed E-state index contributed by atoms with van der Waals surface area (Å²) in [7, 11) is 0. The van der Waals surface area contributed by atoms with Gasteiger partial charge in [0.15, 0.2) is 0 Å². The molecule has 1 heterocycles. The maximum atomic E-state index is 11.8. The fraction of sp³-hybridized carbons (Fsp3) is 0.267. The van der Waals surface area contributed by atoms with Crippen molar-refractivity contribution in [1.29, 1.82) is 0 Å². The summed E-state index contributed by atoms with van der Waals surface area (Å²) in [5.41, 5.74) is 0.706. The zero-order valence-electron chi connectivity index (χ0n) is 12.8. The molecule has 3 N–H and O–H groups in total. The van der Waals surface area contributed by atoms with Gasteiger partial charge in [0.1, 0.15) is 11.3 Å². The van der Waals surface area contributed by atoms with Crippen LogP contribution in [0.4, 0.5) is 10.5 Å². The summed E-state index contributed by atoms with van der Waals surface area (Å²) in [5, 5.41) is 18.1. The molecule has 7 nitrogen and oxygen atoms in total. The van der Waals surface area contributed by atoms with Crippen molar-refractivity contribution < 1.29 is 19.4 Å². The minimum absolute atomic E-state index is 0.0309. The van der Waals surface area contributed by atoms with E-state index in [0.717, 1.165) is 0 Å². The van der Waals surface area contributed by atoms with E-state index in [-0.39, 0.29) is 5.69 Å². The van der Waals surface area contributed by atoms with E-state index >= 15 is 0 Å². The topological polar surface area (TPSA) is 104 Å². The van der Waals surface area contributed by atoms with Gasteiger partial charge in [-0.05, 0) is 39.0 Å². The Hall–Kier alpha value is -2.54. The molecule has 0 spiro atoms. The van der Waals surface area contributed by atoms with Crippen LogP contribution in [0.2, 0.25) is 5.02 Å². The minimum atomic E-state index is -1.11. The van der Waals surface area contributed by atoms with Gasteiger partial charge in [0.2, 0.25) is 0 Å². The first-order valence-electron chi connectivity index (χ1n) is 6.74. The number of aromatic carboxylic acids is 1. The van der Waals surface area contributed by atoms with Crippen molar-refractivity contribution in [3.63, 3.8) is 0 Å². The van der Waals surface area contributed by atoms with E-state index < -0.39 is 17.7 Å². The molecule has 0 bridgehead atoms. The Morgan fingerprint density at radius 1 is 1.30 bits per heavy atom. The summed E-state index contributed by atoms with van der Waals surface area (Å²) >= 11 is 6.06. The number of carbonyl (C=O) groups is 2. The van der Waals surface area contributed by atoms with Crippen LogP contribution >= 0.6 is 11.6 Å². The second-order valence-corrected chi connectivity index (χ2v) is 6.20. The summed E-state index contributed by atoms with van der Waals surface area (Å²) in [4.78, 5) is 22.7. The molecule has 23 heavy (non-hydrogen) atoms. The van der Waals surface area contributed by atoms with Gasteiger partial charge in [0, 0.05) is 5.56 Å². The molecular weight excluding hydrogens is 322 g/mol. The van der Waals surface area contributed by atoms with Crippen LogP contribution in [-0.2, 0) is 4.74 Å². The summed E-state index contributed by atoms with van der Waals surface area (Å²) < 4.78 is 5.17. The summed E-state index contributed by atoms with van der Waals surface area (Å²) in [5.74, 6) is -1.11. The van der Waals surface area contributed by atoms with E-state index in [1.165, 1.54) is 6.07 Å². The largest absolute Gasteiger partial charge is 0.477 e. The Bertz CT molecular complexity index is 749. The van der Waals surface area contributed by atoms with Crippen molar-refractivity contribution in [1.82, 2.24) is 10.2 Å². The van der Waals surface area contributed by atoms with Gasteiger partial charge in [-0.3, -0.25) is 10.4 Å². The number of hydrogen-bond donors (Lipinski definition) is 3. The zero-order chi connectivity index (χ0) is 17.2. The molecule has 0 saturated carbocycles. The van der Waals surface area contributed by atoms with Gasteiger partial charge in [-0.2, -0.15) is 5.10 Å². The number of benzene rings is 1. The molecule has 0 saturated heterocycles. The molecule has 1 amide bonds. The van der Waals surface area contributed by atoms with E-state index in [0.29, 0.717) is 22.0 Å². The highest BCUT2D eigenvalue weighted by Crippen LogP contribution is 2.28. The second-order valence-electron chi connectivity index (χ2n) is 5.79. The number of aromatic amines is 1. The number of nitrogens with one attached hydrogen (secondary N) is 2. The van der Waals surface area contributed by atoms with Gasteiger partial charge in [0.25, 0.3) is 0 Å². The van der Waals surface area contributed by atoms with Crippen LogP contribution in [0.3, 0.4) is 0 Å². The van der Waals surface area contributed by atoms with Crippen molar-refractivity contribution in [3.05, 3.63) is 35.0 Å². The molecular formula is C15H16ClN3O4. The van der Waals surface area contributed by atoms with Gasteiger partial charge < -0.3 is 9.84 Å². The SMILES string of the molecule is CC(C)(C)OC(=O)Nc1cc(-c2cc(C(=O)O)[nH]n2)ccc1Cl. The van der Waals surface area contributed by atoms with Gasteiger partial charge in [-0.25, -0.2) is 9.59 Å². The first-order valence-corrected chi connectivity index (χ1v) is 7.12. The van der Waals surface area contributed by atoms with Crippen LogP contribution in [0.25, 0.3) is 11.3 Å². The van der Waals surface area contributed by atoms with Crippen molar-refractivity contribution in [2.75, 3.05) is 5.32 Å². The van der Waals surface area contributed by atoms with Crippen LogP contribution in [0.5, 0.6) is 0 Å². The van der Waals surface area contributed by atoms with Crippen molar-refractivity contribution >= 4 is 29.4 Å². The fourth-order valence-electron chi connectivity index (χ4n) is 1.77. The number of rotatable bonds is 3. The third-order valence-electron chi connectivity index (χ3n) is 2.71. The fourth-order valence-corrected chi connectivity index (χ4v) is 1.94. The van der Waals surface area contributed by atoms with Crippen LogP contribution in [0.15, 0.2) is 24.3 Å². The number of halogens is 1. The number of carboxylic acid groups (broad SMARTS) is 1. The molecule has 1 aromatic carbocycles. The predicted molar refractivity (Wildman–Crippen MR) is 85.8 cm³/mol. The zero-order valence-corrected chi connectivity index (χ0v) is 13.6. The number of hydrogen-bond acceptors (Lipinski definition) is 4. The van der Waals surface area contributed by atoms with Gasteiger partial charge in [-0.15, -0.1) is 0 Å². The molecule has 0 unspecified atom stereocenters. The molecule has 8 heteroatoms. The van der Waals surface area contributed by atoms with E-state index in [9.17, 15) is 9.59 Å². The monoisotopic (exact) mass is 337 g/mol. The first-order chi connectivity index (χ1) is 10.7. The lowest BCUT2D eigenvalue weighted by molar-refractivity contribution is 0.0634. The van der Waals surface area contributed by atoms with E-state index in [1.807, 2.05) is 0 Å². The average Bonchev–Trinajstić information content (AvgIpc) is 2.89. The number of anilines is 1. The lowest BCUT2D eigenvalue weighted by atomic mass is 10.1. The molecule has 0 radical (unpaired) electrons.